The molecule has 0 bridgehead atoms. The number of sulfonamides is 1. The smallest absolute Gasteiger partial charge is 0.260 e. The number of nitrogens with one attached hydrogen (secondary N) is 2. The molecule has 2 rings (SSSR count). The fourth-order valence-electron chi connectivity index (χ4n) is 1.94. The molecule has 2 N–H and O–H groups in total. The van der Waals surface area contributed by atoms with Crippen molar-refractivity contribution in [2.24, 2.45) is 0 Å². The Bertz CT molecular complexity index is 697. The number of nitrogens with zero attached hydrogens (tertiary/aromatic N) is 2. The lowest BCUT2D eigenvalue weighted by Gasteiger charge is -2.08. The van der Waals surface area contributed by atoms with Gasteiger partial charge in [0, 0.05) is 25.0 Å². The lowest BCUT2D eigenvalue weighted by atomic mass is 10.5. The first-order chi connectivity index (χ1) is 10.1. The summed E-state index contributed by atoms with van der Waals surface area (Å²) >= 11 is 1.60. The maximum Gasteiger partial charge on any atom is 0.260 e. The second kappa shape index (κ2) is 7.15. The highest BCUT2D eigenvalue weighted by molar-refractivity contribution is 7.98. The minimum atomic E-state index is -3.60. The van der Waals surface area contributed by atoms with Gasteiger partial charge < -0.3 is 5.32 Å². The number of hydrogen-bond acceptors (Lipinski definition) is 5. The SMILES string of the molecule is CCCNc1nc2ccccn2c1S(=O)(=O)NCCSC. The van der Waals surface area contributed by atoms with Gasteiger partial charge in [0.15, 0.2) is 10.8 Å². The van der Waals surface area contributed by atoms with Crippen molar-refractivity contribution in [3.63, 3.8) is 0 Å². The molecule has 0 saturated heterocycles. The number of rotatable bonds is 8. The number of pyridine rings is 1. The highest BCUT2D eigenvalue weighted by Gasteiger charge is 2.24. The molecule has 0 aliphatic heterocycles. The molecule has 0 saturated carbocycles. The average Bonchev–Trinajstić information content (AvgIpc) is 2.84. The van der Waals surface area contributed by atoms with Crippen LogP contribution in [-0.2, 0) is 10.0 Å². The van der Waals surface area contributed by atoms with E-state index in [4.69, 9.17) is 0 Å². The molecule has 0 fully saturated rings. The van der Waals surface area contributed by atoms with Crippen LogP contribution in [0.15, 0.2) is 29.4 Å². The van der Waals surface area contributed by atoms with E-state index < -0.39 is 10.0 Å². The predicted molar refractivity (Wildman–Crippen MR) is 87.5 cm³/mol. The minimum absolute atomic E-state index is 0.174. The van der Waals surface area contributed by atoms with Crippen molar-refractivity contribution in [2.75, 3.05) is 30.4 Å². The van der Waals surface area contributed by atoms with Crippen molar-refractivity contribution < 1.29 is 8.42 Å². The molecule has 0 atom stereocenters. The lowest BCUT2D eigenvalue weighted by molar-refractivity contribution is 0.579. The summed E-state index contributed by atoms with van der Waals surface area (Å²) in [6.07, 6.45) is 4.55. The topological polar surface area (TPSA) is 75.5 Å². The normalized spacial score (nSPS) is 11.9. The molecule has 0 aliphatic rings. The zero-order valence-corrected chi connectivity index (χ0v) is 13.8. The van der Waals surface area contributed by atoms with Gasteiger partial charge in [-0.15, -0.1) is 0 Å². The second-order valence-electron chi connectivity index (χ2n) is 4.51. The third-order valence-corrected chi connectivity index (χ3v) is 4.98. The van der Waals surface area contributed by atoms with Gasteiger partial charge in [-0.1, -0.05) is 13.0 Å². The lowest BCUT2D eigenvalue weighted by Crippen LogP contribution is -2.28. The van der Waals surface area contributed by atoms with Crippen LogP contribution in [0.2, 0.25) is 0 Å². The van der Waals surface area contributed by atoms with Crippen LogP contribution in [0.5, 0.6) is 0 Å². The van der Waals surface area contributed by atoms with Crippen LogP contribution in [-0.4, -0.2) is 42.9 Å². The van der Waals surface area contributed by atoms with Gasteiger partial charge in [0.05, 0.1) is 0 Å². The van der Waals surface area contributed by atoms with Crippen LogP contribution in [0.25, 0.3) is 5.65 Å². The molecular formula is C13H20N4O2S2. The Balaban J connectivity index is 2.43. The molecule has 0 aliphatic carbocycles. The van der Waals surface area contributed by atoms with Crippen molar-refractivity contribution in [1.29, 1.82) is 0 Å². The van der Waals surface area contributed by atoms with Gasteiger partial charge in [-0.3, -0.25) is 4.40 Å². The van der Waals surface area contributed by atoms with E-state index in [1.165, 1.54) is 0 Å². The van der Waals surface area contributed by atoms with E-state index in [1.54, 1.807) is 34.5 Å². The summed E-state index contributed by atoms with van der Waals surface area (Å²) < 4.78 is 29.3. The van der Waals surface area contributed by atoms with E-state index in [-0.39, 0.29) is 5.03 Å². The van der Waals surface area contributed by atoms with Crippen LogP contribution in [0.4, 0.5) is 5.82 Å². The van der Waals surface area contributed by atoms with Gasteiger partial charge in [0.1, 0.15) is 5.65 Å². The van der Waals surface area contributed by atoms with Crippen LogP contribution in [0, 0.1) is 0 Å². The van der Waals surface area contributed by atoms with E-state index in [1.807, 2.05) is 19.2 Å². The molecule has 0 unspecified atom stereocenters. The van der Waals surface area contributed by atoms with Gasteiger partial charge in [-0.25, -0.2) is 18.1 Å². The Morgan fingerprint density at radius 1 is 1.33 bits per heavy atom. The van der Waals surface area contributed by atoms with Gasteiger partial charge in [-0.2, -0.15) is 11.8 Å². The first kappa shape index (κ1) is 16.1. The maximum atomic E-state index is 12.5. The Kier molecular flexibility index (Phi) is 5.49. The summed E-state index contributed by atoms with van der Waals surface area (Å²) in [7, 11) is -3.60. The first-order valence-corrected chi connectivity index (χ1v) is 9.67. The third-order valence-electron chi connectivity index (χ3n) is 2.88. The van der Waals surface area contributed by atoms with Crippen LogP contribution >= 0.6 is 11.8 Å². The first-order valence-electron chi connectivity index (χ1n) is 6.79. The summed E-state index contributed by atoms with van der Waals surface area (Å²) in [6, 6.07) is 5.42. The molecule has 0 aromatic carbocycles. The number of imidazole rings is 1. The third kappa shape index (κ3) is 3.69. The van der Waals surface area contributed by atoms with E-state index >= 15 is 0 Å². The van der Waals surface area contributed by atoms with Crippen LogP contribution in [0.3, 0.4) is 0 Å². The summed E-state index contributed by atoms with van der Waals surface area (Å²) in [5, 5.41) is 3.27. The van der Waals surface area contributed by atoms with Gasteiger partial charge in [0.25, 0.3) is 10.0 Å². The summed E-state index contributed by atoms with van der Waals surface area (Å²) in [4.78, 5) is 4.37. The molecule has 0 spiro atoms. The molecule has 2 aromatic rings. The molecule has 116 valence electrons. The predicted octanol–water partition coefficient (Wildman–Crippen LogP) is 1.80. The van der Waals surface area contributed by atoms with Crippen LogP contribution in [0.1, 0.15) is 13.3 Å². The van der Waals surface area contributed by atoms with Gasteiger partial charge >= 0.3 is 0 Å². The second-order valence-corrected chi connectivity index (χ2v) is 7.18. The van der Waals surface area contributed by atoms with Gasteiger partial charge in [0.2, 0.25) is 0 Å². The number of hydrogen-bond donors (Lipinski definition) is 2. The Morgan fingerprint density at radius 2 is 2.14 bits per heavy atom. The molecule has 6 nitrogen and oxygen atoms in total. The van der Waals surface area contributed by atoms with Crippen molar-refractivity contribution >= 4 is 33.3 Å². The fourth-order valence-corrected chi connectivity index (χ4v) is 3.66. The Morgan fingerprint density at radius 3 is 2.86 bits per heavy atom. The van der Waals surface area contributed by atoms with Crippen molar-refractivity contribution in [2.45, 2.75) is 18.4 Å². The Labute approximate surface area is 129 Å². The molecule has 8 heteroatoms. The number of thioether (sulfide) groups is 1. The molecule has 2 aromatic heterocycles. The molecule has 2 heterocycles. The van der Waals surface area contributed by atoms with Crippen molar-refractivity contribution in [3.05, 3.63) is 24.4 Å². The highest BCUT2D eigenvalue weighted by Crippen LogP contribution is 2.22. The quantitative estimate of drug-likeness (QED) is 0.723. The highest BCUT2D eigenvalue weighted by atomic mass is 32.2. The fraction of sp³-hybridized carbons (Fsp3) is 0.462. The van der Waals surface area contributed by atoms with E-state index in [0.29, 0.717) is 24.6 Å². The zero-order valence-electron chi connectivity index (χ0n) is 12.2. The number of fused-ring (bicyclic) bond motifs is 1. The van der Waals surface area contributed by atoms with Crippen LogP contribution < -0.4 is 10.0 Å². The average molecular weight is 328 g/mol. The monoisotopic (exact) mass is 328 g/mol. The summed E-state index contributed by atoms with van der Waals surface area (Å²) in [5.41, 5.74) is 0.612. The standard InChI is InChI=1S/C13H20N4O2S2/c1-3-7-14-12-13(21(18,19)15-8-10-20-2)17-9-5-4-6-11(17)16-12/h4-6,9,14-15H,3,7-8,10H2,1-2H3. The van der Waals surface area contributed by atoms with E-state index in [0.717, 1.165) is 12.2 Å². The van der Waals surface area contributed by atoms with Crippen molar-refractivity contribution in [3.8, 4) is 0 Å². The zero-order chi connectivity index (χ0) is 15.3. The molecular weight excluding hydrogens is 308 g/mol. The number of aromatic nitrogens is 2. The molecule has 0 amide bonds. The number of anilines is 1. The summed E-state index contributed by atoms with van der Waals surface area (Å²) in [6.45, 7) is 3.10. The largest absolute Gasteiger partial charge is 0.368 e. The molecule has 0 radical (unpaired) electrons. The van der Waals surface area contributed by atoms with E-state index in [2.05, 4.69) is 15.0 Å². The van der Waals surface area contributed by atoms with Crippen molar-refractivity contribution in [1.82, 2.24) is 14.1 Å². The summed E-state index contributed by atoms with van der Waals surface area (Å²) in [5.74, 6) is 1.13. The minimum Gasteiger partial charge on any atom is -0.368 e. The van der Waals surface area contributed by atoms with E-state index in [9.17, 15) is 8.42 Å². The Hall–Kier alpha value is -1.25. The van der Waals surface area contributed by atoms with Gasteiger partial charge in [-0.05, 0) is 24.8 Å². The molecule has 21 heavy (non-hydrogen) atoms. The maximum absolute atomic E-state index is 12.5.